The van der Waals surface area contributed by atoms with Gasteiger partial charge in [0.15, 0.2) is 0 Å². The standard InChI is InChI=1S/C15H24ClN/c1-4-11-17-15(12(5-2)6-3)13-7-9-14(16)10-8-13/h7-10,12,15,17H,4-6,11H2,1-3H3. The summed E-state index contributed by atoms with van der Waals surface area (Å²) >= 11 is 5.95. The highest BCUT2D eigenvalue weighted by Gasteiger charge is 2.19. The zero-order valence-corrected chi connectivity index (χ0v) is 11.9. The lowest BCUT2D eigenvalue weighted by molar-refractivity contribution is 0.341. The minimum Gasteiger partial charge on any atom is -0.310 e. The van der Waals surface area contributed by atoms with E-state index in [4.69, 9.17) is 11.6 Å². The first-order valence-electron chi connectivity index (χ1n) is 6.71. The molecule has 0 spiro atoms. The molecule has 0 amide bonds. The van der Waals surface area contributed by atoms with Crippen molar-refractivity contribution in [2.24, 2.45) is 5.92 Å². The van der Waals surface area contributed by atoms with E-state index in [1.165, 1.54) is 24.8 Å². The van der Waals surface area contributed by atoms with E-state index in [-0.39, 0.29) is 0 Å². The van der Waals surface area contributed by atoms with Gasteiger partial charge in [-0.25, -0.2) is 0 Å². The molecule has 0 aliphatic heterocycles. The average Bonchev–Trinajstić information content (AvgIpc) is 2.36. The Morgan fingerprint density at radius 2 is 1.65 bits per heavy atom. The molecule has 1 aromatic carbocycles. The zero-order valence-electron chi connectivity index (χ0n) is 11.2. The van der Waals surface area contributed by atoms with Gasteiger partial charge in [0.1, 0.15) is 0 Å². The van der Waals surface area contributed by atoms with Gasteiger partial charge < -0.3 is 5.32 Å². The Morgan fingerprint density at radius 3 is 2.12 bits per heavy atom. The van der Waals surface area contributed by atoms with Crippen molar-refractivity contribution < 1.29 is 0 Å². The maximum Gasteiger partial charge on any atom is 0.0406 e. The van der Waals surface area contributed by atoms with E-state index in [1.54, 1.807) is 0 Å². The van der Waals surface area contributed by atoms with Crippen LogP contribution in [0.25, 0.3) is 0 Å². The molecular formula is C15H24ClN. The van der Waals surface area contributed by atoms with Crippen LogP contribution in [0, 0.1) is 5.92 Å². The SMILES string of the molecule is CCCNC(c1ccc(Cl)cc1)C(CC)CC. The highest BCUT2D eigenvalue weighted by Crippen LogP contribution is 2.28. The summed E-state index contributed by atoms with van der Waals surface area (Å²) in [5, 5.41) is 4.48. The monoisotopic (exact) mass is 253 g/mol. The molecule has 0 aliphatic rings. The van der Waals surface area contributed by atoms with Crippen molar-refractivity contribution >= 4 is 11.6 Å². The molecule has 96 valence electrons. The van der Waals surface area contributed by atoms with Gasteiger partial charge in [0.05, 0.1) is 0 Å². The second-order valence-electron chi connectivity index (χ2n) is 4.56. The van der Waals surface area contributed by atoms with Crippen LogP contribution in [0.4, 0.5) is 0 Å². The maximum atomic E-state index is 5.95. The summed E-state index contributed by atoms with van der Waals surface area (Å²) < 4.78 is 0. The largest absolute Gasteiger partial charge is 0.310 e. The Balaban J connectivity index is 2.84. The molecule has 1 N–H and O–H groups in total. The van der Waals surface area contributed by atoms with Crippen LogP contribution in [0.5, 0.6) is 0 Å². The molecule has 0 heterocycles. The van der Waals surface area contributed by atoms with E-state index in [9.17, 15) is 0 Å². The zero-order chi connectivity index (χ0) is 12.7. The van der Waals surface area contributed by atoms with E-state index >= 15 is 0 Å². The van der Waals surface area contributed by atoms with E-state index in [2.05, 4.69) is 38.2 Å². The molecule has 0 bridgehead atoms. The first-order chi connectivity index (χ1) is 8.22. The summed E-state index contributed by atoms with van der Waals surface area (Å²) in [4.78, 5) is 0. The Labute approximate surface area is 111 Å². The molecule has 1 unspecified atom stereocenters. The molecule has 0 aliphatic carbocycles. The summed E-state index contributed by atoms with van der Waals surface area (Å²) in [5.41, 5.74) is 1.36. The van der Waals surface area contributed by atoms with Gasteiger partial charge in [-0.1, -0.05) is 57.3 Å². The minimum atomic E-state index is 0.460. The van der Waals surface area contributed by atoms with Crippen LogP contribution in [0.15, 0.2) is 24.3 Å². The molecule has 17 heavy (non-hydrogen) atoms. The quantitative estimate of drug-likeness (QED) is 0.735. The number of rotatable bonds is 7. The number of benzene rings is 1. The fraction of sp³-hybridized carbons (Fsp3) is 0.600. The number of hydrogen-bond acceptors (Lipinski definition) is 1. The predicted molar refractivity (Wildman–Crippen MR) is 76.6 cm³/mol. The molecule has 0 aromatic heterocycles. The van der Waals surface area contributed by atoms with Gasteiger partial charge in [0.2, 0.25) is 0 Å². The normalized spacial score (nSPS) is 13.0. The van der Waals surface area contributed by atoms with Crippen molar-refractivity contribution in [1.82, 2.24) is 5.32 Å². The van der Waals surface area contributed by atoms with Crippen LogP contribution in [-0.2, 0) is 0 Å². The fourth-order valence-corrected chi connectivity index (χ4v) is 2.41. The maximum absolute atomic E-state index is 5.95. The Bertz CT molecular complexity index is 303. The molecule has 0 saturated heterocycles. The first kappa shape index (κ1) is 14.5. The molecule has 0 fully saturated rings. The summed E-state index contributed by atoms with van der Waals surface area (Å²) in [6.45, 7) is 7.82. The van der Waals surface area contributed by atoms with Gasteiger partial charge in [-0.15, -0.1) is 0 Å². The van der Waals surface area contributed by atoms with E-state index < -0.39 is 0 Å². The van der Waals surface area contributed by atoms with Crippen molar-refractivity contribution in [3.8, 4) is 0 Å². The van der Waals surface area contributed by atoms with Gasteiger partial charge in [-0.3, -0.25) is 0 Å². The fourth-order valence-electron chi connectivity index (χ4n) is 2.29. The lowest BCUT2D eigenvalue weighted by Gasteiger charge is -2.27. The summed E-state index contributed by atoms with van der Waals surface area (Å²) in [5.74, 6) is 0.697. The highest BCUT2D eigenvalue weighted by molar-refractivity contribution is 6.30. The topological polar surface area (TPSA) is 12.0 Å². The van der Waals surface area contributed by atoms with Crippen molar-refractivity contribution in [2.75, 3.05) is 6.54 Å². The third kappa shape index (κ3) is 4.33. The van der Waals surface area contributed by atoms with E-state index in [1.807, 2.05) is 12.1 Å². The first-order valence-corrected chi connectivity index (χ1v) is 7.09. The van der Waals surface area contributed by atoms with E-state index in [0.29, 0.717) is 12.0 Å². The summed E-state index contributed by atoms with van der Waals surface area (Å²) in [7, 11) is 0. The number of nitrogens with one attached hydrogen (secondary N) is 1. The third-order valence-electron chi connectivity index (χ3n) is 3.36. The van der Waals surface area contributed by atoms with E-state index in [0.717, 1.165) is 11.6 Å². The van der Waals surface area contributed by atoms with Crippen LogP contribution in [0.1, 0.15) is 51.6 Å². The highest BCUT2D eigenvalue weighted by atomic mass is 35.5. The lowest BCUT2D eigenvalue weighted by atomic mass is 9.89. The Hall–Kier alpha value is -0.530. The third-order valence-corrected chi connectivity index (χ3v) is 3.62. The van der Waals surface area contributed by atoms with Crippen molar-refractivity contribution in [3.05, 3.63) is 34.9 Å². The summed E-state index contributed by atoms with van der Waals surface area (Å²) in [6.07, 6.45) is 3.59. The Kier molecular flexibility index (Phi) is 6.61. The van der Waals surface area contributed by atoms with Gasteiger partial charge in [-0.2, -0.15) is 0 Å². The van der Waals surface area contributed by atoms with Crippen molar-refractivity contribution in [1.29, 1.82) is 0 Å². The minimum absolute atomic E-state index is 0.460. The van der Waals surface area contributed by atoms with Crippen molar-refractivity contribution in [3.63, 3.8) is 0 Å². The van der Waals surface area contributed by atoms with Gasteiger partial charge in [-0.05, 0) is 36.6 Å². The van der Waals surface area contributed by atoms with Crippen LogP contribution >= 0.6 is 11.6 Å². The summed E-state index contributed by atoms with van der Waals surface area (Å²) in [6, 6.07) is 8.73. The van der Waals surface area contributed by atoms with Crippen LogP contribution < -0.4 is 5.32 Å². The molecule has 0 saturated carbocycles. The molecular weight excluding hydrogens is 230 g/mol. The van der Waals surface area contributed by atoms with Crippen LogP contribution in [0.2, 0.25) is 5.02 Å². The average molecular weight is 254 g/mol. The Morgan fingerprint density at radius 1 is 1.06 bits per heavy atom. The van der Waals surface area contributed by atoms with Crippen LogP contribution in [0.3, 0.4) is 0 Å². The van der Waals surface area contributed by atoms with Gasteiger partial charge >= 0.3 is 0 Å². The van der Waals surface area contributed by atoms with Gasteiger partial charge in [0, 0.05) is 11.1 Å². The molecule has 1 nitrogen and oxygen atoms in total. The van der Waals surface area contributed by atoms with Crippen LogP contribution in [-0.4, -0.2) is 6.54 Å². The predicted octanol–water partition coefficient (Wildman–Crippen LogP) is 4.82. The molecule has 0 radical (unpaired) electrons. The molecule has 1 aromatic rings. The molecule has 1 atom stereocenters. The second kappa shape index (κ2) is 7.73. The van der Waals surface area contributed by atoms with Gasteiger partial charge in [0.25, 0.3) is 0 Å². The van der Waals surface area contributed by atoms with Crippen molar-refractivity contribution in [2.45, 2.75) is 46.1 Å². The lowest BCUT2D eigenvalue weighted by Crippen LogP contribution is -2.28. The molecule has 1 rings (SSSR count). The number of hydrogen-bond donors (Lipinski definition) is 1. The number of halogens is 1. The molecule has 2 heteroatoms. The second-order valence-corrected chi connectivity index (χ2v) is 5.00. The smallest absolute Gasteiger partial charge is 0.0406 e.